The molecule has 180 valence electrons. The van der Waals surface area contributed by atoms with E-state index in [1.165, 1.54) is 9.80 Å². The van der Waals surface area contributed by atoms with Crippen LogP contribution < -0.4 is 10.1 Å². The van der Waals surface area contributed by atoms with Gasteiger partial charge < -0.3 is 15.0 Å². The molecule has 8 heteroatoms. The number of carbonyl (C=O) groups excluding carboxylic acids is 4. The van der Waals surface area contributed by atoms with Crippen molar-refractivity contribution in [2.75, 3.05) is 13.7 Å². The number of fused-ring (bicyclic) bond motifs is 1. The normalized spacial score (nSPS) is 13.6. The van der Waals surface area contributed by atoms with E-state index in [2.05, 4.69) is 5.32 Å². The van der Waals surface area contributed by atoms with Gasteiger partial charge in [0.05, 0.1) is 18.2 Å². The van der Waals surface area contributed by atoms with Crippen molar-refractivity contribution in [3.63, 3.8) is 0 Å². The van der Waals surface area contributed by atoms with Crippen LogP contribution in [0.3, 0.4) is 0 Å². The standard InChI is InChI=1S/C26H31N3O5/c1-17(2)27-24(31)18(3)29(16-19-11-13-20(34-4)14-12-19)23(30)10-7-15-28-25(32)21-8-5-6-9-22(21)26(28)33/h5-6,8-9,11-14,17-18H,7,10,15-16H2,1-4H3,(H,27,31)/t18-/m0/s1. The fourth-order valence-electron chi connectivity index (χ4n) is 3.89. The summed E-state index contributed by atoms with van der Waals surface area (Å²) in [4.78, 5) is 53.7. The molecule has 1 aliphatic heterocycles. The number of imide groups is 1. The molecule has 0 aliphatic carbocycles. The van der Waals surface area contributed by atoms with Crippen LogP contribution in [0.2, 0.25) is 0 Å². The Balaban J connectivity index is 1.67. The second kappa shape index (κ2) is 11.0. The molecule has 0 saturated heterocycles. The fourth-order valence-corrected chi connectivity index (χ4v) is 3.89. The smallest absolute Gasteiger partial charge is 0.261 e. The van der Waals surface area contributed by atoms with Crippen molar-refractivity contribution in [1.82, 2.24) is 15.1 Å². The second-order valence-corrected chi connectivity index (χ2v) is 8.62. The van der Waals surface area contributed by atoms with Gasteiger partial charge in [0.15, 0.2) is 0 Å². The summed E-state index contributed by atoms with van der Waals surface area (Å²) in [6.45, 7) is 5.82. The minimum atomic E-state index is -0.684. The molecule has 0 aromatic heterocycles. The van der Waals surface area contributed by atoms with Gasteiger partial charge in [0.25, 0.3) is 11.8 Å². The number of rotatable bonds is 10. The summed E-state index contributed by atoms with van der Waals surface area (Å²) in [7, 11) is 1.58. The molecule has 2 aromatic carbocycles. The molecule has 1 atom stereocenters. The van der Waals surface area contributed by atoms with Gasteiger partial charge in [-0.3, -0.25) is 24.1 Å². The zero-order chi connectivity index (χ0) is 24.8. The van der Waals surface area contributed by atoms with Crippen molar-refractivity contribution in [1.29, 1.82) is 0 Å². The van der Waals surface area contributed by atoms with E-state index in [0.29, 0.717) is 23.3 Å². The van der Waals surface area contributed by atoms with E-state index < -0.39 is 6.04 Å². The third-order valence-electron chi connectivity index (χ3n) is 5.76. The van der Waals surface area contributed by atoms with E-state index in [9.17, 15) is 19.2 Å². The van der Waals surface area contributed by atoms with Gasteiger partial charge in [-0.15, -0.1) is 0 Å². The highest BCUT2D eigenvalue weighted by molar-refractivity contribution is 6.21. The largest absolute Gasteiger partial charge is 0.497 e. The molecule has 34 heavy (non-hydrogen) atoms. The minimum Gasteiger partial charge on any atom is -0.497 e. The average molecular weight is 466 g/mol. The second-order valence-electron chi connectivity index (χ2n) is 8.62. The molecular weight excluding hydrogens is 434 g/mol. The minimum absolute atomic E-state index is 0.0540. The van der Waals surface area contributed by atoms with Crippen LogP contribution >= 0.6 is 0 Å². The Bertz CT molecular complexity index is 1030. The molecule has 2 aromatic rings. The Kier molecular flexibility index (Phi) is 8.04. The quantitative estimate of drug-likeness (QED) is 0.544. The van der Waals surface area contributed by atoms with E-state index in [1.807, 2.05) is 26.0 Å². The summed E-state index contributed by atoms with van der Waals surface area (Å²) < 4.78 is 5.19. The number of hydrogen-bond acceptors (Lipinski definition) is 5. The number of carbonyl (C=O) groups is 4. The van der Waals surface area contributed by atoms with E-state index in [0.717, 1.165) is 5.56 Å². The maximum atomic E-state index is 13.2. The Morgan fingerprint density at radius 2 is 1.56 bits per heavy atom. The number of nitrogens with one attached hydrogen (secondary N) is 1. The van der Waals surface area contributed by atoms with Crippen molar-refractivity contribution < 1.29 is 23.9 Å². The van der Waals surface area contributed by atoms with Crippen LogP contribution in [0.1, 0.15) is 59.9 Å². The molecule has 0 spiro atoms. The molecule has 1 aliphatic rings. The van der Waals surface area contributed by atoms with Crippen molar-refractivity contribution in [2.24, 2.45) is 0 Å². The van der Waals surface area contributed by atoms with E-state index >= 15 is 0 Å². The molecule has 0 fully saturated rings. The maximum absolute atomic E-state index is 13.2. The van der Waals surface area contributed by atoms with E-state index in [1.54, 1.807) is 50.4 Å². The summed E-state index contributed by atoms with van der Waals surface area (Å²) in [5.74, 6) is -0.440. The van der Waals surface area contributed by atoms with Crippen molar-refractivity contribution >= 4 is 23.6 Å². The van der Waals surface area contributed by atoms with E-state index in [4.69, 9.17) is 4.74 Å². The predicted octanol–water partition coefficient (Wildman–Crippen LogP) is 3.01. The molecule has 0 unspecified atom stereocenters. The Hall–Kier alpha value is -3.68. The first-order chi connectivity index (χ1) is 16.2. The van der Waals surface area contributed by atoms with Crippen LogP contribution in [0.4, 0.5) is 0 Å². The summed E-state index contributed by atoms with van der Waals surface area (Å²) >= 11 is 0. The maximum Gasteiger partial charge on any atom is 0.261 e. The van der Waals surface area contributed by atoms with E-state index in [-0.39, 0.29) is 49.2 Å². The molecule has 1 heterocycles. The number of benzene rings is 2. The topological polar surface area (TPSA) is 96.0 Å². The molecule has 8 nitrogen and oxygen atoms in total. The number of nitrogens with zero attached hydrogens (tertiary/aromatic N) is 2. The van der Waals surface area contributed by atoms with Gasteiger partial charge in [-0.05, 0) is 57.0 Å². The average Bonchev–Trinajstić information content (AvgIpc) is 3.07. The number of methoxy groups -OCH3 is 1. The lowest BCUT2D eigenvalue weighted by molar-refractivity contribution is -0.140. The lowest BCUT2D eigenvalue weighted by Gasteiger charge is -2.29. The van der Waals surface area contributed by atoms with Crippen molar-refractivity contribution in [2.45, 2.75) is 52.2 Å². The number of amides is 4. The van der Waals surface area contributed by atoms with Gasteiger partial charge in [0.2, 0.25) is 11.8 Å². The summed E-state index contributed by atoms with van der Waals surface area (Å²) in [6, 6.07) is 13.3. The van der Waals surface area contributed by atoms with Crippen LogP contribution in [0.15, 0.2) is 48.5 Å². The lowest BCUT2D eigenvalue weighted by Crippen LogP contribution is -2.49. The van der Waals surface area contributed by atoms with Crippen molar-refractivity contribution in [3.8, 4) is 5.75 Å². The summed E-state index contributed by atoms with van der Waals surface area (Å²) in [6.07, 6.45) is 0.408. The van der Waals surface area contributed by atoms with Crippen LogP contribution in [0, 0.1) is 0 Å². The lowest BCUT2D eigenvalue weighted by atomic mass is 10.1. The predicted molar refractivity (Wildman–Crippen MR) is 127 cm³/mol. The van der Waals surface area contributed by atoms with Gasteiger partial charge >= 0.3 is 0 Å². The van der Waals surface area contributed by atoms with Gasteiger partial charge in [-0.25, -0.2) is 0 Å². The monoisotopic (exact) mass is 465 g/mol. The van der Waals surface area contributed by atoms with Crippen LogP contribution in [-0.4, -0.2) is 59.2 Å². The van der Waals surface area contributed by atoms with Crippen molar-refractivity contribution in [3.05, 3.63) is 65.2 Å². The summed E-state index contributed by atoms with van der Waals surface area (Å²) in [5.41, 5.74) is 1.64. The summed E-state index contributed by atoms with van der Waals surface area (Å²) in [5, 5.41) is 2.85. The van der Waals surface area contributed by atoms with Gasteiger partial charge in [0, 0.05) is 25.6 Å². The zero-order valence-electron chi connectivity index (χ0n) is 20.0. The highest BCUT2D eigenvalue weighted by Crippen LogP contribution is 2.23. The first kappa shape index (κ1) is 25.0. The van der Waals surface area contributed by atoms with Crippen LogP contribution in [0.25, 0.3) is 0 Å². The first-order valence-corrected chi connectivity index (χ1v) is 11.4. The van der Waals surface area contributed by atoms with Crippen LogP contribution in [-0.2, 0) is 16.1 Å². The fraction of sp³-hybridized carbons (Fsp3) is 0.385. The molecule has 0 bridgehead atoms. The highest BCUT2D eigenvalue weighted by Gasteiger charge is 2.35. The highest BCUT2D eigenvalue weighted by atomic mass is 16.5. The molecule has 3 rings (SSSR count). The number of hydrogen-bond donors (Lipinski definition) is 1. The Morgan fingerprint density at radius 3 is 2.09 bits per heavy atom. The molecule has 1 N–H and O–H groups in total. The van der Waals surface area contributed by atoms with Gasteiger partial charge in [-0.1, -0.05) is 24.3 Å². The third kappa shape index (κ3) is 5.62. The molecule has 0 radical (unpaired) electrons. The van der Waals surface area contributed by atoms with Gasteiger partial charge in [-0.2, -0.15) is 0 Å². The Morgan fingerprint density at radius 1 is 0.971 bits per heavy atom. The van der Waals surface area contributed by atoms with Crippen LogP contribution in [0.5, 0.6) is 5.75 Å². The third-order valence-corrected chi connectivity index (χ3v) is 5.76. The molecule has 4 amide bonds. The zero-order valence-corrected chi connectivity index (χ0v) is 20.0. The Labute approximate surface area is 199 Å². The van der Waals surface area contributed by atoms with Gasteiger partial charge in [0.1, 0.15) is 11.8 Å². The molecular formula is C26H31N3O5. The number of ether oxygens (including phenoxy) is 1. The SMILES string of the molecule is COc1ccc(CN(C(=O)CCCN2C(=O)c3ccccc3C2=O)[C@@H](C)C(=O)NC(C)C)cc1. The first-order valence-electron chi connectivity index (χ1n) is 11.4. The molecule has 0 saturated carbocycles.